The van der Waals surface area contributed by atoms with E-state index in [1.807, 2.05) is 0 Å². The first kappa shape index (κ1) is 20.8. The molecule has 0 bridgehead atoms. The maximum absolute atomic E-state index is 13.5. The number of aryl methyl sites for hydroxylation is 1. The average Bonchev–Trinajstić information content (AvgIpc) is 3.18. The summed E-state index contributed by atoms with van der Waals surface area (Å²) in [6.07, 6.45) is 9.90. The van der Waals surface area contributed by atoms with Gasteiger partial charge in [-0.1, -0.05) is 32.6 Å². The highest BCUT2D eigenvalue weighted by atomic mass is 16.2. The fourth-order valence-electron chi connectivity index (χ4n) is 5.87. The van der Waals surface area contributed by atoms with Crippen LogP contribution in [0.25, 0.3) is 11.2 Å². The van der Waals surface area contributed by atoms with Gasteiger partial charge in [-0.3, -0.25) is 13.9 Å². The highest BCUT2D eigenvalue weighted by molar-refractivity contribution is 5.75. The molecule has 3 aliphatic rings. The number of aromatic nitrogens is 4. The molecule has 31 heavy (non-hydrogen) atoms. The Kier molecular flexibility index (Phi) is 5.67. The highest BCUT2D eigenvalue weighted by Gasteiger charge is 2.33. The van der Waals surface area contributed by atoms with E-state index in [0.29, 0.717) is 29.7 Å². The molecule has 0 N–H and O–H groups in total. The number of imidazole rings is 1. The van der Waals surface area contributed by atoms with Gasteiger partial charge in [-0.2, -0.15) is 4.98 Å². The number of hydrogen-bond acceptors (Lipinski definition) is 5. The summed E-state index contributed by atoms with van der Waals surface area (Å²) < 4.78 is 5.13. The Balaban J connectivity index is 1.55. The van der Waals surface area contributed by atoms with Gasteiger partial charge in [-0.25, -0.2) is 4.79 Å². The summed E-state index contributed by atoms with van der Waals surface area (Å²) >= 11 is 0. The second kappa shape index (κ2) is 8.45. The first-order chi connectivity index (χ1) is 15.0. The van der Waals surface area contributed by atoms with Gasteiger partial charge in [0.2, 0.25) is 5.95 Å². The van der Waals surface area contributed by atoms with Crippen LogP contribution in [-0.4, -0.2) is 55.8 Å². The third kappa shape index (κ3) is 3.73. The van der Waals surface area contributed by atoms with Crippen LogP contribution in [0.1, 0.15) is 58.3 Å². The molecule has 1 saturated carbocycles. The Morgan fingerprint density at radius 1 is 0.935 bits per heavy atom. The van der Waals surface area contributed by atoms with Crippen molar-refractivity contribution in [2.45, 2.75) is 77.4 Å². The third-order valence-corrected chi connectivity index (χ3v) is 7.58. The predicted molar refractivity (Wildman–Crippen MR) is 123 cm³/mol. The SMILES string of the molecule is CC1CN(C2CCCCC2)c2nc3c(c(=O)n(CCN4CCCCC4)c(=O)n3C)n2C1. The normalized spacial score (nSPS) is 23.4. The summed E-state index contributed by atoms with van der Waals surface area (Å²) in [5.74, 6) is 1.34. The molecular weight excluding hydrogens is 392 g/mol. The molecule has 170 valence electrons. The maximum Gasteiger partial charge on any atom is 0.332 e. The van der Waals surface area contributed by atoms with E-state index in [-0.39, 0.29) is 11.2 Å². The van der Waals surface area contributed by atoms with Gasteiger partial charge in [0.1, 0.15) is 0 Å². The second-order valence-corrected chi connectivity index (χ2v) is 9.94. The molecule has 5 rings (SSSR count). The van der Waals surface area contributed by atoms with E-state index in [1.54, 1.807) is 11.6 Å². The molecule has 2 fully saturated rings. The molecule has 1 unspecified atom stereocenters. The van der Waals surface area contributed by atoms with E-state index in [0.717, 1.165) is 38.7 Å². The van der Waals surface area contributed by atoms with Crippen LogP contribution < -0.4 is 16.1 Å². The van der Waals surface area contributed by atoms with Crippen LogP contribution in [0, 0.1) is 5.92 Å². The number of rotatable bonds is 4. The standard InChI is InChI=1S/C23H36N6O2/c1-17-15-28(18-9-5-3-6-10-18)22-24-20-19(29(22)16-17)21(30)27(23(31)25(20)2)14-13-26-11-7-4-8-12-26/h17-18H,3-16H2,1-2H3. The molecule has 2 aliphatic heterocycles. The zero-order valence-corrected chi connectivity index (χ0v) is 19.1. The topological polar surface area (TPSA) is 68.3 Å². The minimum absolute atomic E-state index is 0.174. The molecule has 8 heteroatoms. The van der Waals surface area contributed by atoms with Gasteiger partial charge >= 0.3 is 5.69 Å². The lowest BCUT2D eigenvalue weighted by Crippen LogP contribution is -2.46. The van der Waals surface area contributed by atoms with Crippen LogP contribution in [0.5, 0.6) is 0 Å². The smallest absolute Gasteiger partial charge is 0.332 e. The van der Waals surface area contributed by atoms with E-state index in [9.17, 15) is 9.59 Å². The lowest BCUT2D eigenvalue weighted by atomic mass is 9.93. The van der Waals surface area contributed by atoms with Gasteiger partial charge in [0.25, 0.3) is 5.56 Å². The van der Waals surface area contributed by atoms with Gasteiger partial charge in [0.15, 0.2) is 11.2 Å². The maximum atomic E-state index is 13.5. The fourth-order valence-corrected chi connectivity index (χ4v) is 5.87. The Hall–Kier alpha value is -2.09. The Bertz CT molecular complexity index is 1050. The Morgan fingerprint density at radius 2 is 1.65 bits per heavy atom. The van der Waals surface area contributed by atoms with Crippen molar-refractivity contribution in [1.29, 1.82) is 0 Å². The molecule has 0 radical (unpaired) electrons. The molecule has 0 amide bonds. The molecule has 1 aliphatic carbocycles. The summed E-state index contributed by atoms with van der Waals surface area (Å²) in [5, 5.41) is 0. The first-order valence-electron chi connectivity index (χ1n) is 12.2. The van der Waals surface area contributed by atoms with Crippen LogP contribution in [0.4, 0.5) is 5.95 Å². The number of piperidine rings is 1. The van der Waals surface area contributed by atoms with Gasteiger partial charge in [0, 0.05) is 39.3 Å². The van der Waals surface area contributed by atoms with Gasteiger partial charge in [0.05, 0.1) is 0 Å². The van der Waals surface area contributed by atoms with E-state index < -0.39 is 0 Å². The monoisotopic (exact) mass is 428 g/mol. The molecule has 8 nitrogen and oxygen atoms in total. The number of anilines is 1. The average molecular weight is 429 g/mol. The van der Waals surface area contributed by atoms with Crippen molar-refractivity contribution in [3.8, 4) is 0 Å². The number of fused-ring (bicyclic) bond motifs is 3. The molecule has 1 atom stereocenters. The van der Waals surface area contributed by atoms with Crippen LogP contribution in [0.15, 0.2) is 9.59 Å². The largest absolute Gasteiger partial charge is 0.339 e. The predicted octanol–water partition coefficient (Wildman–Crippen LogP) is 2.17. The minimum atomic E-state index is -0.248. The number of likely N-dealkylation sites (tertiary alicyclic amines) is 1. The summed E-state index contributed by atoms with van der Waals surface area (Å²) in [4.78, 5) is 36.3. The number of hydrogen-bond donors (Lipinski definition) is 0. The Morgan fingerprint density at radius 3 is 2.39 bits per heavy atom. The molecular formula is C23H36N6O2. The lowest BCUT2D eigenvalue weighted by molar-refractivity contribution is 0.218. The second-order valence-electron chi connectivity index (χ2n) is 9.94. The molecule has 2 aromatic heterocycles. The summed E-state index contributed by atoms with van der Waals surface area (Å²) in [7, 11) is 1.76. The van der Waals surface area contributed by atoms with Crippen molar-refractivity contribution < 1.29 is 0 Å². The quantitative estimate of drug-likeness (QED) is 0.747. The van der Waals surface area contributed by atoms with Crippen LogP contribution in [0.2, 0.25) is 0 Å². The first-order valence-corrected chi connectivity index (χ1v) is 12.2. The lowest BCUT2D eigenvalue weighted by Gasteiger charge is -2.40. The zero-order chi connectivity index (χ0) is 21.5. The van der Waals surface area contributed by atoms with Crippen molar-refractivity contribution in [3.05, 3.63) is 20.8 Å². The van der Waals surface area contributed by atoms with Crippen molar-refractivity contribution in [3.63, 3.8) is 0 Å². The van der Waals surface area contributed by atoms with Gasteiger partial charge in [-0.15, -0.1) is 0 Å². The Labute approximate surface area is 183 Å². The third-order valence-electron chi connectivity index (χ3n) is 7.58. The molecule has 1 saturated heterocycles. The summed E-state index contributed by atoms with van der Waals surface area (Å²) in [5.41, 5.74) is 0.714. The van der Waals surface area contributed by atoms with E-state index in [1.165, 1.54) is 55.9 Å². The minimum Gasteiger partial charge on any atom is -0.339 e. The van der Waals surface area contributed by atoms with E-state index >= 15 is 0 Å². The van der Waals surface area contributed by atoms with E-state index in [2.05, 4.69) is 21.3 Å². The molecule has 2 aromatic rings. The van der Waals surface area contributed by atoms with Gasteiger partial charge in [-0.05, 0) is 44.7 Å². The van der Waals surface area contributed by atoms with Crippen molar-refractivity contribution in [2.24, 2.45) is 13.0 Å². The molecule has 0 aromatic carbocycles. The van der Waals surface area contributed by atoms with Crippen LogP contribution >= 0.6 is 0 Å². The van der Waals surface area contributed by atoms with E-state index in [4.69, 9.17) is 4.98 Å². The van der Waals surface area contributed by atoms with Crippen LogP contribution in [-0.2, 0) is 20.1 Å². The fraction of sp³-hybridized carbons (Fsp3) is 0.783. The van der Waals surface area contributed by atoms with Crippen LogP contribution in [0.3, 0.4) is 0 Å². The molecule has 4 heterocycles. The summed E-state index contributed by atoms with van der Waals surface area (Å²) in [6, 6.07) is 0.491. The number of nitrogens with zero attached hydrogens (tertiary/aromatic N) is 6. The van der Waals surface area contributed by atoms with Crippen molar-refractivity contribution >= 4 is 17.1 Å². The van der Waals surface area contributed by atoms with Crippen molar-refractivity contribution in [2.75, 3.05) is 31.1 Å². The zero-order valence-electron chi connectivity index (χ0n) is 19.1. The molecule has 0 spiro atoms. The van der Waals surface area contributed by atoms with Crippen molar-refractivity contribution in [1.82, 2.24) is 23.6 Å². The van der Waals surface area contributed by atoms with Gasteiger partial charge < -0.3 is 14.4 Å². The highest BCUT2D eigenvalue weighted by Crippen LogP contribution is 2.32. The summed E-state index contributed by atoms with van der Waals surface area (Å²) in [6.45, 7) is 7.35.